The van der Waals surface area contributed by atoms with E-state index in [0.717, 1.165) is 39.0 Å². The summed E-state index contributed by atoms with van der Waals surface area (Å²) in [4.78, 5) is 2.44. The van der Waals surface area contributed by atoms with Gasteiger partial charge >= 0.3 is 0 Å². The molecule has 63 heavy (non-hydrogen) atoms. The Morgan fingerprint density at radius 2 is 0.825 bits per heavy atom. The summed E-state index contributed by atoms with van der Waals surface area (Å²) in [5.41, 5.74) is 19.7. The van der Waals surface area contributed by atoms with Crippen molar-refractivity contribution in [2.75, 3.05) is 4.90 Å². The standard InChI is InChI=1S/C61H45NO/c1-38-31-34-40(35-32-38)62(56-30-16-28-53-52-27-15-29-55(61(2,3)4)59(52)63-60(53)56)58-50-25-13-11-23-48(50)57(49-24-12-14-26-51(49)58)39-33-36-47-45-21-8-7-19-43(45)41-17-5-6-18-42(41)44-20-9-10-22-46(44)54(47)37-39/h5-37H,1-4H3. The molecule has 0 saturated carbocycles. The molecule has 12 rings (SSSR count). The van der Waals surface area contributed by atoms with E-state index >= 15 is 0 Å². The minimum absolute atomic E-state index is 0.0859. The lowest BCUT2D eigenvalue weighted by atomic mass is 9.79. The van der Waals surface area contributed by atoms with Crippen LogP contribution in [0.1, 0.15) is 31.9 Å². The second-order valence-electron chi connectivity index (χ2n) is 18.1. The molecule has 0 radical (unpaired) electrons. The number of nitrogens with zero attached hydrogens (tertiary/aromatic N) is 1. The molecule has 0 N–H and O–H groups in total. The minimum Gasteiger partial charge on any atom is -0.454 e. The number of fused-ring (bicyclic) bond motifs is 13. The highest BCUT2D eigenvalue weighted by molar-refractivity contribution is 6.24. The molecule has 300 valence electrons. The zero-order valence-electron chi connectivity index (χ0n) is 35.9. The van der Waals surface area contributed by atoms with E-state index in [-0.39, 0.29) is 5.41 Å². The van der Waals surface area contributed by atoms with Gasteiger partial charge in [-0.2, -0.15) is 0 Å². The molecule has 10 aromatic carbocycles. The topological polar surface area (TPSA) is 16.4 Å². The molecule has 0 aliphatic heterocycles. The van der Waals surface area contributed by atoms with Gasteiger partial charge in [0, 0.05) is 32.8 Å². The third-order valence-electron chi connectivity index (χ3n) is 13.2. The fraction of sp³-hybridized carbons (Fsp3) is 0.0820. The van der Waals surface area contributed by atoms with Crippen LogP contribution in [0.2, 0.25) is 0 Å². The van der Waals surface area contributed by atoms with E-state index in [0.29, 0.717) is 0 Å². The summed E-state index contributed by atoms with van der Waals surface area (Å²) in [6, 6.07) is 73.9. The Labute approximate surface area is 368 Å². The maximum Gasteiger partial charge on any atom is 0.159 e. The molecule has 0 bridgehead atoms. The number of benzene rings is 10. The zero-order valence-corrected chi connectivity index (χ0v) is 35.9. The van der Waals surface area contributed by atoms with Crippen molar-refractivity contribution in [3.05, 3.63) is 211 Å². The number of hydrogen-bond acceptors (Lipinski definition) is 2. The van der Waals surface area contributed by atoms with Crippen LogP contribution in [0.15, 0.2) is 205 Å². The van der Waals surface area contributed by atoms with Gasteiger partial charge in [-0.05, 0) is 103 Å². The van der Waals surface area contributed by atoms with Crippen LogP contribution in [0.5, 0.6) is 0 Å². The van der Waals surface area contributed by atoms with Crippen LogP contribution in [-0.2, 0) is 5.41 Å². The first-order valence-electron chi connectivity index (χ1n) is 22.0. The number of anilines is 3. The fourth-order valence-electron chi connectivity index (χ4n) is 10.3. The van der Waals surface area contributed by atoms with Crippen LogP contribution in [0.25, 0.3) is 99.1 Å². The number of hydrogen-bond donors (Lipinski definition) is 0. The summed E-state index contributed by atoms with van der Waals surface area (Å²) in [6.07, 6.45) is 0. The first-order valence-corrected chi connectivity index (χ1v) is 22.0. The van der Waals surface area contributed by atoms with Crippen molar-refractivity contribution in [2.45, 2.75) is 33.1 Å². The molecule has 0 fully saturated rings. The van der Waals surface area contributed by atoms with Gasteiger partial charge in [0.15, 0.2) is 5.58 Å². The van der Waals surface area contributed by atoms with E-state index in [4.69, 9.17) is 4.42 Å². The molecule has 1 heterocycles. The largest absolute Gasteiger partial charge is 0.454 e. The van der Waals surface area contributed by atoms with Gasteiger partial charge in [-0.1, -0.05) is 202 Å². The second-order valence-corrected chi connectivity index (χ2v) is 18.1. The Morgan fingerprint density at radius 1 is 0.381 bits per heavy atom. The van der Waals surface area contributed by atoms with E-state index < -0.39 is 0 Å². The smallest absolute Gasteiger partial charge is 0.159 e. The Balaban J connectivity index is 1.15. The predicted octanol–water partition coefficient (Wildman–Crippen LogP) is 17.6. The predicted molar refractivity (Wildman–Crippen MR) is 268 cm³/mol. The van der Waals surface area contributed by atoms with Crippen molar-refractivity contribution in [3.63, 3.8) is 0 Å². The molecule has 0 atom stereocenters. The lowest BCUT2D eigenvalue weighted by Gasteiger charge is -2.30. The highest BCUT2D eigenvalue weighted by atomic mass is 16.3. The quantitative estimate of drug-likeness (QED) is 0.165. The Hall–Kier alpha value is -7.68. The summed E-state index contributed by atoms with van der Waals surface area (Å²) in [5, 5.41) is 6.98. The first kappa shape index (κ1) is 37.1. The van der Waals surface area contributed by atoms with Crippen LogP contribution in [0.3, 0.4) is 0 Å². The van der Waals surface area contributed by atoms with Gasteiger partial charge in [0.1, 0.15) is 5.58 Å². The van der Waals surface area contributed by atoms with Crippen LogP contribution in [0, 0.1) is 6.92 Å². The SMILES string of the molecule is Cc1ccc(N(c2c3ccccc3c(-c3ccc4c(c3)-c3ccccc3-c3ccccc3-c3ccccc3-4)c3ccccc23)c2cccc3c2oc2c(C(C)(C)C)cccc23)cc1. The first-order chi connectivity index (χ1) is 30.8. The molecular formula is C61H45NO. The highest BCUT2D eigenvalue weighted by Crippen LogP contribution is 2.53. The monoisotopic (exact) mass is 807 g/mol. The zero-order chi connectivity index (χ0) is 42.4. The van der Waals surface area contributed by atoms with Crippen molar-refractivity contribution in [1.29, 1.82) is 0 Å². The van der Waals surface area contributed by atoms with Crippen molar-refractivity contribution in [1.82, 2.24) is 0 Å². The van der Waals surface area contributed by atoms with E-state index in [1.165, 1.54) is 88.3 Å². The maximum atomic E-state index is 7.11. The van der Waals surface area contributed by atoms with E-state index in [1.54, 1.807) is 0 Å². The normalized spacial score (nSPS) is 12.1. The van der Waals surface area contributed by atoms with Crippen molar-refractivity contribution in [3.8, 4) is 55.6 Å². The summed E-state index contributed by atoms with van der Waals surface area (Å²) in [7, 11) is 0. The Bertz CT molecular complexity index is 3560. The molecular weight excluding hydrogens is 763 g/mol. The van der Waals surface area contributed by atoms with Gasteiger partial charge in [0.25, 0.3) is 0 Å². The third-order valence-corrected chi connectivity index (χ3v) is 13.2. The molecule has 0 spiro atoms. The second kappa shape index (κ2) is 14.2. The highest BCUT2D eigenvalue weighted by Gasteiger charge is 2.28. The van der Waals surface area contributed by atoms with Crippen molar-refractivity contribution >= 4 is 60.5 Å². The van der Waals surface area contributed by atoms with Gasteiger partial charge < -0.3 is 9.32 Å². The van der Waals surface area contributed by atoms with E-state index in [9.17, 15) is 0 Å². The van der Waals surface area contributed by atoms with Gasteiger partial charge in [-0.25, -0.2) is 0 Å². The average molecular weight is 808 g/mol. The summed E-state index contributed by atoms with van der Waals surface area (Å²) in [5.74, 6) is 0. The van der Waals surface area contributed by atoms with Crippen LogP contribution in [0.4, 0.5) is 17.1 Å². The van der Waals surface area contributed by atoms with Crippen molar-refractivity contribution in [2.24, 2.45) is 0 Å². The molecule has 1 aliphatic rings. The Kier molecular flexibility index (Phi) is 8.36. The van der Waals surface area contributed by atoms with Gasteiger partial charge in [-0.15, -0.1) is 0 Å². The maximum absolute atomic E-state index is 7.11. The molecule has 11 aromatic rings. The molecule has 1 aliphatic carbocycles. The van der Waals surface area contributed by atoms with Gasteiger partial charge in [0.2, 0.25) is 0 Å². The summed E-state index contributed by atoms with van der Waals surface area (Å²) < 4.78 is 7.11. The molecule has 0 saturated heterocycles. The third kappa shape index (κ3) is 5.79. The summed E-state index contributed by atoms with van der Waals surface area (Å²) in [6.45, 7) is 8.93. The molecule has 2 nitrogen and oxygen atoms in total. The molecule has 0 unspecified atom stereocenters. The minimum atomic E-state index is -0.0859. The molecule has 1 aromatic heterocycles. The summed E-state index contributed by atoms with van der Waals surface area (Å²) >= 11 is 0. The molecule has 2 heteroatoms. The van der Waals surface area contributed by atoms with Crippen molar-refractivity contribution < 1.29 is 4.42 Å². The lowest BCUT2D eigenvalue weighted by Crippen LogP contribution is -2.12. The fourth-order valence-corrected chi connectivity index (χ4v) is 10.3. The van der Waals surface area contributed by atoms with Gasteiger partial charge in [0.05, 0.1) is 11.4 Å². The van der Waals surface area contributed by atoms with Crippen LogP contribution >= 0.6 is 0 Å². The average Bonchev–Trinajstić information content (AvgIpc) is 3.71. The van der Waals surface area contributed by atoms with Crippen LogP contribution in [-0.4, -0.2) is 0 Å². The van der Waals surface area contributed by atoms with Gasteiger partial charge in [-0.3, -0.25) is 0 Å². The Morgan fingerprint density at radius 3 is 1.37 bits per heavy atom. The van der Waals surface area contributed by atoms with Crippen LogP contribution < -0.4 is 4.90 Å². The number of rotatable bonds is 4. The lowest BCUT2D eigenvalue weighted by molar-refractivity contribution is 0.573. The number of furan rings is 1. The molecule has 0 amide bonds. The van der Waals surface area contributed by atoms with E-state index in [1.807, 2.05) is 0 Å². The number of para-hydroxylation sites is 2. The van der Waals surface area contributed by atoms with E-state index in [2.05, 4.69) is 233 Å². The number of aryl methyl sites for hydroxylation is 1.